The van der Waals surface area contributed by atoms with Gasteiger partial charge in [-0.2, -0.15) is 10.2 Å². The van der Waals surface area contributed by atoms with Gasteiger partial charge in [-0.3, -0.25) is 4.79 Å². The SMILES string of the molecule is O=C(c1cccc(F)c1-n1nccn1)N1[C@@H]2CC[C@H]1[C@H](Nc1ncc(Br)cn1)C2. The number of hydrogen-bond donors (Lipinski definition) is 1. The van der Waals surface area contributed by atoms with Gasteiger partial charge in [0.1, 0.15) is 5.69 Å². The Hall–Kier alpha value is -2.88. The summed E-state index contributed by atoms with van der Waals surface area (Å²) in [6.07, 6.45) is 8.90. The van der Waals surface area contributed by atoms with Gasteiger partial charge in [0.2, 0.25) is 5.95 Å². The molecular weight excluding hydrogens is 441 g/mol. The van der Waals surface area contributed by atoms with Crippen molar-refractivity contribution in [1.29, 1.82) is 0 Å². The molecule has 2 fully saturated rings. The van der Waals surface area contributed by atoms with Crippen LogP contribution in [0.3, 0.4) is 0 Å². The van der Waals surface area contributed by atoms with E-state index in [2.05, 4.69) is 41.4 Å². The number of nitrogens with one attached hydrogen (secondary N) is 1. The molecule has 0 spiro atoms. The molecule has 5 rings (SSSR count). The Kier molecular flexibility index (Phi) is 4.50. The maximum absolute atomic E-state index is 14.6. The lowest BCUT2D eigenvalue weighted by Crippen LogP contribution is -2.40. The summed E-state index contributed by atoms with van der Waals surface area (Å²) in [7, 11) is 0. The van der Waals surface area contributed by atoms with Gasteiger partial charge in [-0.15, -0.1) is 4.80 Å². The summed E-state index contributed by atoms with van der Waals surface area (Å²) < 4.78 is 15.4. The van der Waals surface area contributed by atoms with Crippen molar-refractivity contribution in [3.05, 3.63) is 58.8 Å². The fourth-order valence-electron chi connectivity index (χ4n) is 4.37. The first kappa shape index (κ1) is 18.2. The van der Waals surface area contributed by atoms with Gasteiger partial charge in [-0.25, -0.2) is 14.4 Å². The van der Waals surface area contributed by atoms with E-state index in [4.69, 9.17) is 0 Å². The molecule has 3 atom stereocenters. The van der Waals surface area contributed by atoms with Gasteiger partial charge >= 0.3 is 0 Å². The molecular formula is C19H17BrFN7O. The lowest BCUT2D eigenvalue weighted by molar-refractivity contribution is 0.0726. The van der Waals surface area contributed by atoms with Gasteiger partial charge < -0.3 is 10.2 Å². The maximum atomic E-state index is 14.6. The molecule has 1 aromatic carbocycles. The molecule has 0 aliphatic carbocycles. The second kappa shape index (κ2) is 7.18. The summed E-state index contributed by atoms with van der Waals surface area (Å²) in [6.45, 7) is 0. The van der Waals surface area contributed by atoms with Gasteiger partial charge in [0.25, 0.3) is 5.91 Å². The van der Waals surface area contributed by atoms with Crippen molar-refractivity contribution in [1.82, 2.24) is 29.9 Å². The van der Waals surface area contributed by atoms with Crippen molar-refractivity contribution in [3.8, 4) is 5.69 Å². The summed E-state index contributed by atoms with van der Waals surface area (Å²) >= 11 is 3.33. The van der Waals surface area contributed by atoms with E-state index in [1.807, 2.05) is 4.90 Å². The second-order valence-corrected chi connectivity index (χ2v) is 8.09. The van der Waals surface area contributed by atoms with E-state index in [0.29, 0.717) is 5.95 Å². The van der Waals surface area contributed by atoms with Crippen molar-refractivity contribution in [2.24, 2.45) is 0 Å². The van der Waals surface area contributed by atoms with Crippen LogP contribution in [0.25, 0.3) is 5.69 Å². The maximum Gasteiger partial charge on any atom is 0.256 e. The number of halogens is 2. The highest BCUT2D eigenvalue weighted by atomic mass is 79.9. The van der Waals surface area contributed by atoms with Crippen molar-refractivity contribution in [3.63, 3.8) is 0 Å². The van der Waals surface area contributed by atoms with Crippen LogP contribution in [-0.2, 0) is 0 Å². The van der Waals surface area contributed by atoms with E-state index >= 15 is 0 Å². The molecule has 8 nitrogen and oxygen atoms in total. The third kappa shape index (κ3) is 3.17. The Morgan fingerprint density at radius 3 is 2.69 bits per heavy atom. The van der Waals surface area contributed by atoms with Crippen LogP contribution in [0.1, 0.15) is 29.6 Å². The molecule has 148 valence electrons. The average Bonchev–Trinajstić information content (AvgIpc) is 3.45. The van der Waals surface area contributed by atoms with E-state index in [-0.39, 0.29) is 35.3 Å². The number of carbonyl (C=O) groups is 1. The van der Waals surface area contributed by atoms with Crippen LogP contribution in [0.2, 0.25) is 0 Å². The molecule has 2 aliphatic heterocycles. The highest BCUT2D eigenvalue weighted by Crippen LogP contribution is 2.40. The zero-order valence-electron chi connectivity index (χ0n) is 15.2. The molecule has 1 N–H and O–H groups in total. The predicted molar refractivity (Wildman–Crippen MR) is 106 cm³/mol. The highest BCUT2D eigenvalue weighted by Gasteiger charge is 2.49. The summed E-state index contributed by atoms with van der Waals surface area (Å²) in [5.74, 6) is -0.202. The van der Waals surface area contributed by atoms with E-state index in [1.54, 1.807) is 24.5 Å². The zero-order valence-corrected chi connectivity index (χ0v) is 16.8. The van der Waals surface area contributed by atoms with Gasteiger partial charge in [0.15, 0.2) is 5.82 Å². The molecule has 2 aromatic heterocycles. The Bertz CT molecular complexity index is 1040. The Balaban J connectivity index is 1.43. The van der Waals surface area contributed by atoms with E-state index in [1.165, 1.54) is 18.5 Å². The summed E-state index contributed by atoms with van der Waals surface area (Å²) in [4.78, 5) is 25.0. The Morgan fingerprint density at radius 2 is 1.93 bits per heavy atom. The predicted octanol–water partition coefficient (Wildman–Crippen LogP) is 2.82. The van der Waals surface area contributed by atoms with Crippen molar-refractivity contribution < 1.29 is 9.18 Å². The van der Waals surface area contributed by atoms with Crippen LogP contribution in [0.4, 0.5) is 10.3 Å². The van der Waals surface area contributed by atoms with Gasteiger partial charge in [0, 0.05) is 18.4 Å². The fraction of sp³-hybridized carbons (Fsp3) is 0.316. The van der Waals surface area contributed by atoms with Crippen LogP contribution < -0.4 is 5.32 Å². The first-order valence-electron chi connectivity index (χ1n) is 9.34. The second-order valence-electron chi connectivity index (χ2n) is 7.18. The summed E-state index contributed by atoms with van der Waals surface area (Å²) in [6, 6.07) is 4.63. The summed E-state index contributed by atoms with van der Waals surface area (Å²) in [5, 5.41) is 11.4. The van der Waals surface area contributed by atoms with Crippen molar-refractivity contribution in [2.75, 3.05) is 5.32 Å². The van der Waals surface area contributed by atoms with Gasteiger partial charge in [0.05, 0.1) is 34.5 Å². The zero-order chi connectivity index (χ0) is 20.0. The number of nitrogens with zero attached hydrogens (tertiary/aromatic N) is 6. The van der Waals surface area contributed by atoms with Crippen LogP contribution in [0.5, 0.6) is 0 Å². The largest absolute Gasteiger partial charge is 0.349 e. The smallest absolute Gasteiger partial charge is 0.256 e. The van der Waals surface area contributed by atoms with Crippen LogP contribution in [0, 0.1) is 5.82 Å². The minimum absolute atomic E-state index is 0.00134. The Labute approximate surface area is 174 Å². The topological polar surface area (TPSA) is 88.8 Å². The number of anilines is 1. The number of para-hydroxylation sites is 1. The van der Waals surface area contributed by atoms with E-state index < -0.39 is 5.82 Å². The lowest BCUT2D eigenvalue weighted by atomic mass is 9.96. The Morgan fingerprint density at radius 1 is 1.17 bits per heavy atom. The minimum atomic E-state index is -0.531. The van der Waals surface area contributed by atoms with Crippen LogP contribution in [0.15, 0.2) is 47.5 Å². The molecule has 2 bridgehead atoms. The normalized spacial score (nSPS) is 22.8. The quantitative estimate of drug-likeness (QED) is 0.647. The van der Waals surface area contributed by atoms with Crippen molar-refractivity contribution >= 4 is 27.8 Å². The minimum Gasteiger partial charge on any atom is -0.349 e. The molecule has 3 aromatic rings. The van der Waals surface area contributed by atoms with Crippen LogP contribution >= 0.6 is 15.9 Å². The molecule has 10 heteroatoms. The molecule has 0 radical (unpaired) electrons. The number of amides is 1. The fourth-order valence-corrected chi connectivity index (χ4v) is 4.58. The first-order valence-corrected chi connectivity index (χ1v) is 10.1. The van der Waals surface area contributed by atoms with Crippen LogP contribution in [-0.4, -0.2) is 53.9 Å². The number of hydrogen-bond acceptors (Lipinski definition) is 6. The standard InChI is InChI=1S/C19H17BrFN7O/c20-11-9-22-19(23-10-11)26-15-8-12-4-5-16(15)27(12)18(29)13-2-1-3-14(21)17(13)28-24-6-7-25-28/h1-3,6-7,9-10,12,15-16H,4-5,8H2,(H,22,23,26)/t12-,15-,16+/m1/s1. The molecule has 1 amide bonds. The third-order valence-corrected chi connectivity index (χ3v) is 5.95. The highest BCUT2D eigenvalue weighted by molar-refractivity contribution is 9.10. The lowest BCUT2D eigenvalue weighted by Gasteiger charge is -2.25. The number of fused-ring (bicyclic) bond motifs is 2. The monoisotopic (exact) mass is 457 g/mol. The van der Waals surface area contributed by atoms with Crippen molar-refractivity contribution in [2.45, 2.75) is 37.4 Å². The number of carbonyl (C=O) groups excluding carboxylic acids is 1. The van der Waals surface area contributed by atoms with Gasteiger partial charge in [-0.05, 0) is 47.3 Å². The van der Waals surface area contributed by atoms with E-state index in [0.717, 1.165) is 28.5 Å². The molecule has 4 heterocycles. The molecule has 2 aliphatic rings. The van der Waals surface area contributed by atoms with E-state index in [9.17, 15) is 9.18 Å². The first-order chi connectivity index (χ1) is 14.1. The number of benzene rings is 1. The molecule has 0 saturated carbocycles. The van der Waals surface area contributed by atoms with Gasteiger partial charge in [-0.1, -0.05) is 6.07 Å². The molecule has 2 saturated heterocycles. The molecule has 29 heavy (non-hydrogen) atoms. The molecule has 0 unspecified atom stereocenters. The third-order valence-electron chi connectivity index (χ3n) is 5.54. The summed E-state index contributed by atoms with van der Waals surface area (Å²) in [5.41, 5.74) is 0.341. The number of rotatable bonds is 4. The average molecular weight is 458 g/mol. The number of aromatic nitrogens is 5.